The van der Waals surface area contributed by atoms with Crippen LogP contribution in [0.25, 0.3) is 12.2 Å². The summed E-state index contributed by atoms with van der Waals surface area (Å²) in [5.41, 5.74) is 1.01. The van der Waals surface area contributed by atoms with Crippen molar-refractivity contribution >= 4 is 29.8 Å². The number of fused-ring (bicyclic) bond motifs is 1. The van der Waals surface area contributed by atoms with E-state index in [4.69, 9.17) is 4.42 Å². The largest absolute Gasteiger partial charge is 0.459 e. The van der Waals surface area contributed by atoms with Crippen LogP contribution < -0.4 is 21.3 Å². The van der Waals surface area contributed by atoms with E-state index < -0.39 is 0 Å². The van der Waals surface area contributed by atoms with Crippen LogP contribution in [0.2, 0.25) is 0 Å². The van der Waals surface area contributed by atoms with Gasteiger partial charge >= 0.3 is 0 Å². The Morgan fingerprint density at radius 3 is 2.41 bits per heavy atom. The average molecular weight is 570 g/mol. The molecule has 2 heterocycles. The Morgan fingerprint density at radius 2 is 1.83 bits per heavy atom. The Balaban J connectivity index is 0.000000601. The van der Waals surface area contributed by atoms with E-state index in [9.17, 15) is 9.59 Å². The maximum absolute atomic E-state index is 13.0. The molecule has 2 aromatic heterocycles. The second-order valence-corrected chi connectivity index (χ2v) is 9.94. The van der Waals surface area contributed by atoms with Crippen LogP contribution in [0, 0.1) is 11.8 Å². The molecule has 1 atom stereocenters. The van der Waals surface area contributed by atoms with Gasteiger partial charge in [0.2, 0.25) is 5.95 Å². The lowest BCUT2D eigenvalue weighted by Crippen LogP contribution is -2.29. The van der Waals surface area contributed by atoms with E-state index in [2.05, 4.69) is 46.6 Å². The third-order valence-electron chi connectivity index (χ3n) is 7.32. The summed E-state index contributed by atoms with van der Waals surface area (Å²) in [5, 5.41) is 7.60. The van der Waals surface area contributed by atoms with Crippen LogP contribution >= 0.6 is 0 Å². The number of rotatable bonds is 9. The van der Waals surface area contributed by atoms with Crippen LogP contribution in [0.5, 0.6) is 0 Å². The Bertz CT molecular complexity index is 1170. The van der Waals surface area contributed by atoms with Gasteiger partial charge in [0.15, 0.2) is 5.76 Å². The first-order valence-corrected chi connectivity index (χ1v) is 15.5. The number of furan rings is 1. The fraction of sp³-hybridized carbons (Fsp3) is 0.606. The van der Waals surface area contributed by atoms with E-state index in [1.807, 2.05) is 59.4 Å². The first-order chi connectivity index (χ1) is 19.8. The van der Waals surface area contributed by atoms with E-state index in [0.29, 0.717) is 11.7 Å². The molecule has 1 saturated carbocycles. The molecule has 8 heteroatoms. The Kier molecular flexibility index (Phi) is 17.6. The fourth-order valence-electron chi connectivity index (χ4n) is 4.75. The molecule has 1 amide bonds. The summed E-state index contributed by atoms with van der Waals surface area (Å²) in [5.74, 6) is 0.750. The molecule has 4 rings (SSSR count). The highest BCUT2D eigenvalue weighted by atomic mass is 16.3. The van der Waals surface area contributed by atoms with Gasteiger partial charge in [0.25, 0.3) is 5.91 Å². The number of carbonyl (C=O) groups excluding carboxylic acids is 2. The van der Waals surface area contributed by atoms with Crippen molar-refractivity contribution in [3.8, 4) is 0 Å². The highest BCUT2D eigenvalue weighted by Gasteiger charge is 2.27. The molecule has 0 saturated heterocycles. The predicted octanol–water partition coefficient (Wildman–Crippen LogP) is 5.15. The van der Waals surface area contributed by atoms with Gasteiger partial charge in [-0.2, -0.15) is 0 Å². The van der Waals surface area contributed by atoms with E-state index in [1.165, 1.54) is 12.7 Å². The van der Waals surface area contributed by atoms with Crippen molar-refractivity contribution in [1.82, 2.24) is 19.8 Å². The monoisotopic (exact) mass is 569 g/mol. The van der Waals surface area contributed by atoms with Gasteiger partial charge in [0.1, 0.15) is 5.78 Å². The Morgan fingerprint density at radius 1 is 1.15 bits per heavy atom. The normalized spacial score (nSPS) is 15.0. The zero-order valence-corrected chi connectivity index (χ0v) is 27.0. The molecule has 2 aliphatic rings. The minimum atomic E-state index is -0.338. The molecule has 41 heavy (non-hydrogen) atoms. The van der Waals surface area contributed by atoms with Gasteiger partial charge in [0, 0.05) is 32.0 Å². The number of ketones is 1. The number of hydrogen-bond acceptors (Lipinski definition) is 6. The van der Waals surface area contributed by atoms with Gasteiger partial charge in [-0.25, -0.2) is 4.98 Å². The maximum Gasteiger partial charge on any atom is 0.293 e. The fourth-order valence-corrected chi connectivity index (χ4v) is 4.75. The Labute approximate surface area is 248 Å². The number of nitrogens with zero attached hydrogens (tertiary/aromatic N) is 3. The molecule has 0 aliphatic heterocycles. The molecule has 0 spiro atoms. The minimum Gasteiger partial charge on any atom is -0.459 e. The number of Topliss-reactive ketones (excluding diaryl/α,β-unsaturated/α-hetero) is 1. The first-order valence-electron chi connectivity index (χ1n) is 15.5. The van der Waals surface area contributed by atoms with Crippen molar-refractivity contribution in [3.63, 3.8) is 0 Å². The van der Waals surface area contributed by atoms with Crippen molar-refractivity contribution in [1.29, 1.82) is 0 Å². The van der Waals surface area contributed by atoms with Gasteiger partial charge in [-0.3, -0.25) is 14.9 Å². The standard InChI is InChI=1S/C23H27N3O3.C6H16N2.2C2H6/c1-15(21(27)16-8-4-3-5-9-16)17-10-6-11-19-18(14-17)24-23(26(19)2)25-22(28)20-12-7-13-29-20;1-4-8(3)6-5-7-2;2*1-2/h7,10-16H,3-6,8-9H2,1-2H3,(H,24,25,28);7H,4-6H2,1-3H3;2*1-2H3. The van der Waals surface area contributed by atoms with Crippen LogP contribution in [0.4, 0.5) is 5.95 Å². The molecule has 2 aliphatic carbocycles. The molecule has 8 nitrogen and oxygen atoms in total. The lowest BCUT2D eigenvalue weighted by atomic mass is 9.80. The van der Waals surface area contributed by atoms with Crippen LogP contribution in [-0.2, 0) is 11.8 Å². The van der Waals surface area contributed by atoms with Crippen molar-refractivity contribution in [2.24, 2.45) is 18.9 Å². The van der Waals surface area contributed by atoms with Crippen LogP contribution in [0.1, 0.15) is 90.6 Å². The predicted molar refractivity (Wildman–Crippen MR) is 171 cm³/mol. The number of imidazole rings is 1. The summed E-state index contributed by atoms with van der Waals surface area (Å²) in [4.78, 5) is 32.2. The van der Waals surface area contributed by atoms with Crippen molar-refractivity contribution < 1.29 is 14.0 Å². The van der Waals surface area contributed by atoms with Crippen molar-refractivity contribution in [2.45, 2.75) is 80.1 Å². The van der Waals surface area contributed by atoms with Gasteiger partial charge in [-0.05, 0) is 63.7 Å². The number of aromatic nitrogens is 2. The number of carbonyl (C=O) groups is 2. The van der Waals surface area contributed by atoms with E-state index >= 15 is 0 Å². The molecular weight excluding hydrogens is 514 g/mol. The molecule has 1 unspecified atom stereocenters. The molecule has 0 bridgehead atoms. The highest BCUT2D eigenvalue weighted by Crippen LogP contribution is 2.29. The summed E-state index contributed by atoms with van der Waals surface area (Å²) >= 11 is 0. The molecular formula is C33H55N5O3. The van der Waals surface area contributed by atoms with E-state index in [1.54, 1.807) is 12.1 Å². The summed E-state index contributed by atoms with van der Waals surface area (Å²) in [6.07, 6.45) is 14.0. The third-order valence-corrected chi connectivity index (χ3v) is 7.32. The lowest BCUT2D eigenvalue weighted by molar-refractivity contribution is -0.126. The van der Waals surface area contributed by atoms with Gasteiger partial charge in [0.05, 0.1) is 17.0 Å². The zero-order chi connectivity index (χ0) is 30.8. The molecule has 230 valence electrons. The number of allylic oxidation sites excluding steroid dienone is 2. The summed E-state index contributed by atoms with van der Waals surface area (Å²) in [7, 11) is 5.97. The van der Waals surface area contributed by atoms with Gasteiger partial charge in [-0.1, -0.05) is 73.0 Å². The van der Waals surface area contributed by atoms with Gasteiger partial charge < -0.3 is 19.2 Å². The zero-order valence-electron chi connectivity index (χ0n) is 27.0. The second-order valence-electron chi connectivity index (χ2n) is 9.94. The number of anilines is 1. The van der Waals surface area contributed by atoms with Crippen LogP contribution in [0.15, 0.2) is 34.5 Å². The van der Waals surface area contributed by atoms with Crippen LogP contribution in [-0.4, -0.2) is 59.9 Å². The molecule has 2 aromatic rings. The number of likely N-dealkylation sites (N-methyl/N-ethyl adjacent to an activating group) is 2. The Hall–Kier alpha value is -2.97. The van der Waals surface area contributed by atoms with E-state index in [-0.39, 0.29) is 23.5 Å². The minimum absolute atomic E-state index is 0.138. The smallest absolute Gasteiger partial charge is 0.293 e. The molecule has 1 fully saturated rings. The maximum atomic E-state index is 13.0. The summed E-state index contributed by atoms with van der Waals surface area (Å²) in [6.45, 7) is 15.5. The SMILES string of the molecule is CC.CC.CC(C(=O)C1CCCCC1)C1=CCC=c2c(nc(NC(=O)c3ccco3)n2C)=C1.CCN(C)CCNC. The highest BCUT2D eigenvalue weighted by molar-refractivity contribution is 6.01. The third kappa shape index (κ3) is 11.1. The molecule has 0 aromatic carbocycles. The molecule has 0 radical (unpaired) electrons. The average Bonchev–Trinajstić information content (AvgIpc) is 3.60. The molecule has 2 N–H and O–H groups in total. The van der Waals surface area contributed by atoms with Crippen molar-refractivity contribution in [3.05, 3.63) is 46.5 Å². The topological polar surface area (TPSA) is 92.4 Å². The van der Waals surface area contributed by atoms with Crippen LogP contribution in [0.3, 0.4) is 0 Å². The van der Waals surface area contributed by atoms with E-state index in [0.717, 1.165) is 68.0 Å². The second kappa shape index (κ2) is 20.0. The quantitative estimate of drug-likeness (QED) is 0.434. The van der Waals surface area contributed by atoms with Crippen molar-refractivity contribution in [2.75, 3.05) is 39.0 Å². The number of hydrogen-bond donors (Lipinski definition) is 2. The summed E-state index contributed by atoms with van der Waals surface area (Å²) < 4.78 is 7.01. The first kappa shape index (κ1) is 36.1. The lowest BCUT2D eigenvalue weighted by Gasteiger charge is -2.24. The number of amides is 1. The summed E-state index contributed by atoms with van der Waals surface area (Å²) in [6, 6.07) is 3.28. The number of nitrogens with one attached hydrogen (secondary N) is 2. The van der Waals surface area contributed by atoms with Gasteiger partial charge in [-0.15, -0.1) is 0 Å².